The summed E-state index contributed by atoms with van der Waals surface area (Å²) in [6.45, 7) is 0.332. The molecule has 1 atom stereocenters. The third-order valence-corrected chi connectivity index (χ3v) is 3.44. The molecule has 1 aromatic carbocycles. The summed E-state index contributed by atoms with van der Waals surface area (Å²) in [6, 6.07) is 8.93. The molecule has 0 amide bonds. The zero-order valence-electron chi connectivity index (χ0n) is 10.1. The molecule has 1 heterocycles. The Hall–Kier alpha value is -1.39. The van der Waals surface area contributed by atoms with Gasteiger partial charge >= 0.3 is 5.97 Å². The number of ether oxygens (including phenoxy) is 3. The largest absolute Gasteiger partial charge is 0.429 e. The monoisotopic (exact) mass is 248 g/mol. The van der Waals surface area contributed by atoms with Crippen molar-refractivity contribution in [3.63, 3.8) is 0 Å². The molecule has 1 aliphatic carbocycles. The predicted molar refractivity (Wildman–Crippen MR) is 63.9 cm³/mol. The molecule has 1 aliphatic heterocycles. The highest BCUT2D eigenvalue weighted by Gasteiger charge is 2.45. The van der Waals surface area contributed by atoms with Gasteiger partial charge in [-0.25, -0.2) is 4.79 Å². The Morgan fingerprint density at radius 3 is 2.67 bits per heavy atom. The van der Waals surface area contributed by atoms with Crippen LogP contribution in [-0.2, 0) is 14.2 Å². The Kier molecular flexibility index (Phi) is 3.06. The highest BCUT2D eigenvalue weighted by Crippen LogP contribution is 2.39. The Bertz CT molecular complexity index is 423. The lowest BCUT2D eigenvalue weighted by molar-refractivity contribution is -0.193. The van der Waals surface area contributed by atoms with E-state index in [1.54, 1.807) is 24.3 Å². The summed E-state index contributed by atoms with van der Waals surface area (Å²) in [5.41, 5.74) is 0.536. The van der Waals surface area contributed by atoms with Crippen LogP contribution < -0.4 is 0 Å². The van der Waals surface area contributed by atoms with E-state index in [1.165, 1.54) is 0 Å². The van der Waals surface area contributed by atoms with Gasteiger partial charge in [-0.05, 0) is 25.0 Å². The second kappa shape index (κ2) is 4.71. The molecule has 1 saturated heterocycles. The maximum atomic E-state index is 11.8. The lowest BCUT2D eigenvalue weighted by Crippen LogP contribution is -2.28. The number of rotatable bonds is 2. The van der Waals surface area contributed by atoms with Crippen LogP contribution in [0.3, 0.4) is 0 Å². The van der Waals surface area contributed by atoms with E-state index >= 15 is 0 Å². The van der Waals surface area contributed by atoms with Gasteiger partial charge in [0.25, 0.3) is 0 Å². The van der Waals surface area contributed by atoms with Crippen molar-refractivity contribution in [3.8, 4) is 0 Å². The first-order valence-electron chi connectivity index (χ1n) is 6.35. The van der Waals surface area contributed by atoms with Crippen LogP contribution in [-0.4, -0.2) is 24.7 Å². The number of carbonyl (C=O) groups is 1. The molecule has 0 radical (unpaired) electrons. The van der Waals surface area contributed by atoms with E-state index in [0.29, 0.717) is 12.2 Å². The quantitative estimate of drug-likeness (QED) is 0.754. The molecule has 2 fully saturated rings. The molecule has 3 rings (SSSR count). The van der Waals surface area contributed by atoms with Gasteiger partial charge in [0.15, 0.2) is 5.79 Å². The topological polar surface area (TPSA) is 44.8 Å². The van der Waals surface area contributed by atoms with Crippen LogP contribution in [0.4, 0.5) is 0 Å². The van der Waals surface area contributed by atoms with Crippen LogP contribution in [0.15, 0.2) is 30.3 Å². The third-order valence-electron chi connectivity index (χ3n) is 3.44. The highest BCUT2D eigenvalue weighted by atomic mass is 16.8. The number of hydrogen-bond donors (Lipinski definition) is 0. The fraction of sp³-hybridized carbons (Fsp3) is 0.500. The lowest BCUT2D eigenvalue weighted by atomic mass is 10.2. The maximum absolute atomic E-state index is 11.8. The van der Waals surface area contributed by atoms with Gasteiger partial charge in [-0.2, -0.15) is 0 Å². The Balaban J connectivity index is 1.60. The molecule has 0 bridgehead atoms. The molecule has 4 heteroatoms. The lowest BCUT2D eigenvalue weighted by Gasteiger charge is -2.21. The van der Waals surface area contributed by atoms with Crippen LogP contribution >= 0.6 is 0 Å². The minimum absolute atomic E-state index is 0.332. The van der Waals surface area contributed by atoms with Crippen LogP contribution in [0.5, 0.6) is 0 Å². The molecule has 1 unspecified atom stereocenters. The van der Waals surface area contributed by atoms with Crippen LogP contribution in [0.1, 0.15) is 36.0 Å². The molecule has 0 N–H and O–H groups in total. The summed E-state index contributed by atoms with van der Waals surface area (Å²) in [6.07, 6.45) is 3.44. The normalized spacial score (nSPS) is 25.4. The average molecular weight is 248 g/mol. The van der Waals surface area contributed by atoms with E-state index in [9.17, 15) is 4.79 Å². The molecule has 2 aliphatic rings. The van der Waals surface area contributed by atoms with Gasteiger partial charge in [-0.15, -0.1) is 0 Å². The van der Waals surface area contributed by atoms with Crippen LogP contribution in [0.2, 0.25) is 0 Å². The number of carbonyl (C=O) groups excluding carboxylic acids is 1. The molecular weight excluding hydrogens is 232 g/mol. The van der Waals surface area contributed by atoms with Crippen molar-refractivity contribution in [1.82, 2.24) is 0 Å². The molecule has 1 saturated carbocycles. The summed E-state index contributed by atoms with van der Waals surface area (Å²) < 4.78 is 16.7. The SMILES string of the molecule is O=C(OC1COC2(CCCC2)O1)c1ccccc1. The fourth-order valence-corrected chi connectivity index (χ4v) is 2.52. The summed E-state index contributed by atoms with van der Waals surface area (Å²) >= 11 is 0. The first kappa shape index (κ1) is 11.7. The smallest absolute Gasteiger partial charge is 0.340 e. The van der Waals surface area contributed by atoms with Gasteiger partial charge in [0.05, 0.1) is 5.56 Å². The number of benzene rings is 1. The molecule has 0 aromatic heterocycles. The predicted octanol–water partition coefficient (Wildman–Crippen LogP) is 2.49. The summed E-state index contributed by atoms with van der Waals surface area (Å²) in [5, 5.41) is 0. The van der Waals surface area contributed by atoms with E-state index in [-0.39, 0.29) is 5.97 Å². The zero-order chi connectivity index (χ0) is 12.4. The third kappa shape index (κ3) is 2.26. The first-order valence-corrected chi connectivity index (χ1v) is 6.35. The second-order valence-electron chi connectivity index (χ2n) is 4.75. The molecule has 1 spiro atoms. The van der Waals surface area contributed by atoms with Crippen molar-refractivity contribution in [3.05, 3.63) is 35.9 Å². The van der Waals surface area contributed by atoms with Gasteiger partial charge in [0.1, 0.15) is 6.61 Å². The highest BCUT2D eigenvalue weighted by molar-refractivity contribution is 5.89. The molecule has 4 nitrogen and oxygen atoms in total. The first-order chi connectivity index (χ1) is 8.77. The Morgan fingerprint density at radius 2 is 1.94 bits per heavy atom. The van der Waals surface area contributed by atoms with Gasteiger partial charge in [-0.3, -0.25) is 0 Å². The van der Waals surface area contributed by atoms with E-state index in [2.05, 4.69) is 0 Å². The molecule has 18 heavy (non-hydrogen) atoms. The van der Waals surface area contributed by atoms with E-state index < -0.39 is 12.1 Å². The second-order valence-corrected chi connectivity index (χ2v) is 4.75. The maximum Gasteiger partial charge on any atom is 0.340 e. The van der Waals surface area contributed by atoms with Crippen molar-refractivity contribution in [2.75, 3.05) is 6.61 Å². The van der Waals surface area contributed by atoms with E-state index in [4.69, 9.17) is 14.2 Å². The van der Waals surface area contributed by atoms with Crippen molar-refractivity contribution in [1.29, 1.82) is 0 Å². The average Bonchev–Trinajstić information content (AvgIpc) is 3.02. The minimum atomic E-state index is -0.573. The number of esters is 1. The summed E-state index contributed by atoms with van der Waals surface area (Å²) in [5.74, 6) is -0.846. The van der Waals surface area contributed by atoms with Gasteiger partial charge in [-0.1, -0.05) is 18.2 Å². The van der Waals surface area contributed by atoms with Crippen molar-refractivity contribution >= 4 is 5.97 Å². The fourth-order valence-electron chi connectivity index (χ4n) is 2.52. The van der Waals surface area contributed by atoms with Gasteiger partial charge in [0, 0.05) is 12.8 Å². The van der Waals surface area contributed by atoms with E-state index in [1.807, 2.05) is 6.07 Å². The van der Waals surface area contributed by atoms with Crippen molar-refractivity contribution in [2.45, 2.75) is 37.8 Å². The summed E-state index contributed by atoms with van der Waals surface area (Å²) in [4.78, 5) is 11.8. The van der Waals surface area contributed by atoms with Crippen molar-refractivity contribution in [2.24, 2.45) is 0 Å². The van der Waals surface area contributed by atoms with E-state index in [0.717, 1.165) is 25.7 Å². The standard InChI is InChI=1S/C14H16O4/c15-13(11-6-2-1-3-7-11)17-12-10-16-14(18-12)8-4-5-9-14/h1-3,6-7,12H,4-5,8-10H2. The van der Waals surface area contributed by atoms with Gasteiger partial charge in [0.2, 0.25) is 6.29 Å². The summed E-state index contributed by atoms with van der Waals surface area (Å²) in [7, 11) is 0. The number of hydrogen-bond acceptors (Lipinski definition) is 4. The zero-order valence-corrected chi connectivity index (χ0v) is 10.1. The Labute approximate surface area is 106 Å². The Morgan fingerprint density at radius 1 is 1.22 bits per heavy atom. The molecule has 1 aromatic rings. The van der Waals surface area contributed by atoms with Crippen molar-refractivity contribution < 1.29 is 19.0 Å². The van der Waals surface area contributed by atoms with Crippen LogP contribution in [0.25, 0.3) is 0 Å². The van der Waals surface area contributed by atoms with Crippen LogP contribution in [0, 0.1) is 0 Å². The minimum Gasteiger partial charge on any atom is -0.429 e. The van der Waals surface area contributed by atoms with Gasteiger partial charge < -0.3 is 14.2 Å². The molecule has 96 valence electrons. The molecular formula is C14H16O4.